The number of halogens is 1. The third-order valence-electron chi connectivity index (χ3n) is 5.02. The molecular formula is C19H22FN6O2+. The molecule has 1 unspecified atom stereocenters. The van der Waals surface area contributed by atoms with Gasteiger partial charge < -0.3 is 0 Å². The molecule has 3 amide bonds. The Morgan fingerprint density at radius 1 is 1.18 bits per heavy atom. The zero-order valence-electron chi connectivity index (χ0n) is 16.3. The average Bonchev–Trinajstić information content (AvgIpc) is 3.05. The van der Waals surface area contributed by atoms with Gasteiger partial charge in [0.1, 0.15) is 18.1 Å². The Kier molecular flexibility index (Phi) is 4.24. The highest BCUT2D eigenvalue weighted by atomic mass is 19.1. The normalized spacial score (nSPS) is 21.9. The van der Waals surface area contributed by atoms with E-state index in [1.165, 1.54) is 24.1 Å². The van der Waals surface area contributed by atoms with E-state index in [1.54, 1.807) is 24.2 Å². The van der Waals surface area contributed by atoms with Crippen LogP contribution in [0.2, 0.25) is 0 Å². The Morgan fingerprint density at radius 2 is 1.86 bits per heavy atom. The number of carbonyl (C=O) groups excluding carboxylic acids is 2. The minimum atomic E-state index is -0.677. The SMILES string of the molecule is CC(C)CN1N=C(c2ccc(F)cc2)C[N+]2=C1N=C1C2C(=O)N(C)C(=O)N1C. The number of carbonyl (C=O) groups is 2. The molecule has 1 fully saturated rings. The molecule has 1 atom stereocenters. The van der Waals surface area contributed by atoms with Gasteiger partial charge in [-0.05, 0) is 18.1 Å². The van der Waals surface area contributed by atoms with Crippen LogP contribution in [0.4, 0.5) is 9.18 Å². The van der Waals surface area contributed by atoms with E-state index in [9.17, 15) is 14.0 Å². The van der Waals surface area contributed by atoms with Gasteiger partial charge in [-0.2, -0.15) is 0 Å². The molecule has 0 N–H and O–H groups in total. The van der Waals surface area contributed by atoms with Gasteiger partial charge >= 0.3 is 12.0 Å². The van der Waals surface area contributed by atoms with Crippen LogP contribution in [-0.4, -0.2) is 82.1 Å². The van der Waals surface area contributed by atoms with Gasteiger partial charge in [0.25, 0.3) is 5.91 Å². The molecule has 1 aromatic rings. The standard InChI is InChI=1S/C19H22FN6O2/c1-11(2)9-26-18-21-16-15(17(27)24(4)19(28)23(16)3)25(18)10-14(22-26)12-5-7-13(20)8-6-12/h5-8,11,15H,9-10H2,1-4H3/q+1. The second kappa shape index (κ2) is 6.50. The molecule has 28 heavy (non-hydrogen) atoms. The first-order chi connectivity index (χ1) is 13.3. The van der Waals surface area contributed by atoms with Crippen molar-refractivity contribution in [3.05, 3.63) is 35.6 Å². The van der Waals surface area contributed by atoms with Crippen LogP contribution >= 0.6 is 0 Å². The Balaban J connectivity index is 1.76. The maximum atomic E-state index is 13.3. The van der Waals surface area contributed by atoms with E-state index in [1.807, 2.05) is 4.58 Å². The highest BCUT2D eigenvalue weighted by molar-refractivity contribution is 6.23. The van der Waals surface area contributed by atoms with Crippen molar-refractivity contribution in [3.63, 3.8) is 0 Å². The van der Waals surface area contributed by atoms with Gasteiger partial charge in [0.15, 0.2) is 0 Å². The summed E-state index contributed by atoms with van der Waals surface area (Å²) in [6.07, 6.45) is 0. The molecule has 0 saturated carbocycles. The highest BCUT2D eigenvalue weighted by Gasteiger charge is 2.54. The van der Waals surface area contributed by atoms with Crippen molar-refractivity contribution in [2.24, 2.45) is 16.0 Å². The van der Waals surface area contributed by atoms with Crippen LogP contribution in [0.25, 0.3) is 0 Å². The van der Waals surface area contributed by atoms with Crippen LogP contribution in [-0.2, 0) is 4.79 Å². The predicted octanol–water partition coefficient (Wildman–Crippen LogP) is 1.17. The van der Waals surface area contributed by atoms with Crippen molar-refractivity contribution >= 4 is 29.4 Å². The molecule has 1 aromatic carbocycles. The Hall–Kier alpha value is -3.10. The summed E-state index contributed by atoms with van der Waals surface area (Å²) in [7, 11) is 3.09. The number of rotatable bonds is 3. The maximum absolute atomic E-state index is 13.3. The number of urea groups is 1. The molecule has 9 heteroatoms. The van der Waals surface area contributed by atoms with Gasteiger partial charge in [-0.25, -0.2) is 13.8 Å². The van der Waals surface area contributed by atoms with E-state index < -0.39 is 12.1 Å². The Bertz CT molecular complexity index is 950. The Labute approximate surface area is 162 Å². The molecule has 8 nitrogen and oxygen atoms in total. The second-order valence-electron chi connectivity index (χ2n) is 7.57. The number of hydrogen-bond donors (Lipinski definition) is 0. The molecule has 3 aliphatic heterocycles. The quantitative estimate of drug-likeness (QED) is 0.734. The molecule has 4 rings (SSSR count). The predicted molar refractivity (Wildman–Crippen MR) is 102 cm³/mol. The number of hydrazone groups is 1. The Morgan fingerprint density at radius 3 is 2.50 bits per heavy atom. The van der Waals surface area contributed by atoms with Crippen molar-refractivity contribution < 1.29 is 18.6 Å². The first kappa shape index (κ1) is 18.3. The van der Waals surface area contributed by atoms with E-state index in [4.69, 9.17) is 5.10 Å². The van der Waals surface area contributed by atoms with E-state index in [0.717, 1.165) is 16.2 Å². The number of amidine groups is 1. The van der Waals surface area contributed by atoms with Gasteiger partial charge in [-0.3, -0.25) is 14.6 Å². The summed E-state index contributed by atoms with van der Waals surface area (Å²) >= 11 is 0. The van der Waals surface area contributed by atoms with Crippen molar-refractivity contribution in [2.45, 2.75) is 19.9 Å². The van der Waals surface area contributed by atoms with Gasteiger partial charge in [0, 0.05) is 19.7 Å². The summed E-state index contributed by atoms with van der Waals surface area (Å²) in [5, 5.41) is 6.49. The number of likely N-dealkylation sites (N-methyl/N-ethyl adjacent to an activating group) is 2. The van der Waals surface area contributed by atoms with Gasteiger partial charge in [0.2, 0.25) is 11.9 Å². The monoisotopic (exact) mass is 385 g/mol. The molecule has 1 saturated heterocycles. The summed E-state index contributed by atoms with van der Waals surface area (Å²) in [6, 6.07) is 5.05. The molecule has 3 aliphatic rings. The zero-order valence-corrected chi connectivity index (χ0v) is 16.3. The fraction of sp³-hybridized carbons (Fsp3) is 0.421. The number of fused-ring (bicyclic) bond motifs is 2. The molecule has 0 bridgehead atoms. The smallest absolute Gasteiger partial charge is 0.270 e. The van der Waals surface area contributed by atoms with Crippen LogP contribution in [0.15, 0.2) is 34.4 Å². The second-order valence-corrected chi connectivity index (χ2v) is 7.57. The minimum Gasteiger partial charge on any atom is -0.270 e. The fourth-order valence-corrected chi connectivity index (χ4v) is 3.60. The van der Waals surface area contributed by atoms with Gasteiger partial charge in [0.05, 0.1) is 6.54 Å². The lowest BCUT2D eigenvalue weighted by Crippen LogP contribution is -2.62. The van der Waals surface area contributed by atoms with Crippen LogP contribution in [0.5, 0.6) is 0 Å². The molecular weight excluding hydrogens is 363 g/mol. The van der Waals surface area contributed by atoms with Gasteiger partial charge in [-0.1, -0.05) is 31.0 Å². The van der Waals surface area contributed by atoms with Crippen molar-refractivity contribution in [3.8, 4) is 0 Å². The van der Waals surface area contributed by atoms with Crippen LogP contribution in [0, 0.1) is 11.7 Å². The van der Waals surface area contributed by atoms with E-state index in [-0.39, 0.29) is 11.7 Å². The highest BCUT2D eigenvalue weighted by Crippen LogP contribution is 2.24. The number of benzene rings is 1. The summed E-state index contributed by atoms with van der Waals surface area (Å²) in [5.74, 6) is 0.630. The van der Waals surface area contributed by atoms with Crippen LogP contribution in [0.1, 0.15) is 19.4 Å². The molecule has 146 valence electrons. The molecule has 0 radical (unpaired) electrons. The number of amides is 3. The number of imide groups is 1. The largest absolute Gasteiger partial charge is 0.416 e. The zero-order chi connectivity index (χ0) is 20.2. The lowest BCUT2D eigenvalue weighted by molar-refractivity contribution is -0.527. The van der Waals surface area contributed by atoms with Crippen molar-refractivity contribution in [1.82, 2.24) is 14.8 Å². The van der Waals surface area contributed by atoms with E-state index >= 15 is 0 Å². The molecule has 0 aliphatic carbocycles. The number of guanidine groups is 1. The lowest BCUT2D eigenvalue weighted by atomic mass is 10.1. The first-order valence-corrected chi connectivity index (χ1v) is 9.16. The summed E-state index contributed by atoms with van der Waals surface area (Å²) in [6.45, 7) is 5.07. The van der Waals surface area contributed by atoms with Crippen molar-refractivity contribution in [2.75, 3.05) is 27.2 Å². The fourth-order valence-electron chi connectivity index (χ4n) is 3.60. The van der Waals surface area contributed by atoms with Crippen molar-refractivity contribution in [1.29, 1.82) is 0 Å². The van der Waals surface area contributed by atoms with Crippen LogP contribution in [0.3, 0.4) is 0 Å². The number of nitrogens with zero attached hydrogens (tertiary/aromatic N) is 6. The third-order valence-corrected chi connectivity index (χ3v) is 5.02. The third kappa shape index (κ3) is 2.78. The van der Waals surface area contributed by atoms with E-state index in [2.05, 4.69) is 18.8 Å². The minimum absolute atomic E-state index is 0.297. The summed E-state index contributed by atoms with van der Waals surface area (Å²) < 4.78 is 15.2. The lowest BCUT2D eigenvalue weighted by Gasteiger charge is -2.32. The summed E-state index contributed by atoms with van der Waals surface area (Å²) in [4.78, 5) is 32.3. The maximum Gasteiger partial charge on any atom is 0.416 e. The topological polar surface area (TPSA) is 71.6 Å². The molecule has 0 aromatic heterocycles. The summed E-state index contributed by atoms with van der Waals surface area (Å²) in [5.41, 5.74) is 1.50. The molecule has 0 spiro atoms. The van der Waals surface area contributed by atoms with Crippen LogP contribution < -0.4 is 0 Å². The first-order valence-electron chi connectivity index (χ1n) is 9.16. The molecule has 3 heterocycles. The number of aliphatic imine (C=N–C) groups is 1. The average molecular weight is 385 g/mol. The number of hydrogen-bond acceptors (Lipinski definition) is 5. The van der Waals surface area contributed by atoms with Gasteiger partial charge in [-0.15, -0.1) is 10.1 Å². The van der Waals surface area contributed by atoms with E-state index in [0.29, 0.717) is 30.8 Å².